The summed E-state index contributed by atoms with van der Waals surface area (Å²) < 4.78 is 12.8. The van der Waals surface area contributed by atoms with E-state index < -0.39 is 7.14 Å². The van der Waals surface area contributed by atoms with Gasteiger partial charge in [-0.25, -0.2) is 0 Å². The number of rotatable bonds is 1. The normalized spacial score (nSPS) is 11.6. The molecule has 0 spiro atoms. The fourth-order valence-electron chi connectivity index (χ4n) is 1.17. The summed E-state index contributed by atoms with van der Waals surface area (Å²) in [6, 6.07) is 7.83. The van der Waals surface area contributed by atoms with E-state index >= 15 is 0 Å². The van der Waals surface area contributed by atoms with Crippen molar-refractivity contribution < 1.29 is 4.57 Å². The van der Waals surface area contributed by atoms with E-state index in [1.807, 2.05) is 42.0 Å². The molecule has 1 aromatic rings. The van der Waals surface area contributed by atoms with Crippen molar-refractivity contribution in [2.45, 2.75) is 0 Å². The third-order valence-corrected chi connectivity index (χ3v) is 3.36. The zero-order chi connectivity index (χ0) is 8.48. The van der Waals surface area contributed by atoms with Crippen LogP contribution in [0.2, 0.25) is 0 Å². The van der Waals surface area contributed by atoms with Crippen molar-refractivity contribution in [3.63, 3.8) is 0 Å². The van der Waals surface area contributed by atoms with Gasteiger partial charge in [0.2, 0.25) is 0 Å². The van der Waals surface area contributed by atoms with Crippen molar-refractivity contribution in [2.75, 3.05) is 13.3 Å². The van der Waals surface area contributed by atoms with Crippen LogP contribution in [0.4, 0.5) is 0 Å². The number of hydrogen-bond donors (Lipinski definition) is 0. The molecule has 0 heterocycles. The van der Waals surface area contributed by atoms with Crippen LogP contribution in [0.3, 0.4) is 0 Å². The molecule has 0 saturated carbocycles. The van der Waals surface area contributed by atoms with Crippen LogP contribution < -0.4 is 9.54 Å². The SMILES string of the molecule is [Li][c]1ccccc1P(C)(C)=O. The average Bonchev–Trinajstić information content (AvgIpc) is 1.86. The van der Waals surface area contributed by atoms with Gasteiger partial charge >= 0.3 is 76.6 Å². The molecule has 0 aliphatic heterocycles. The van der Waals surface area contributed by atoms with Crippen molar-refractivity contribution in [3.05, 3.63) is 24.3 Å². The maximum atomic E-state index is 11.6. The maximum absolute atomic E-state index is 11.6. The van der Waals surface area contributed by atoms with Crippen molar-refractivity contribution in [1.82, 2.24) is 0 Å². The molecule has 0 radical (unpaired) electrons. The van der Waals surface area contributed by atoms with E-state index in [0.717, 1.165) is 9.54 Å². The van der Waals surface area contributed by atoms with Gasteiger partial charge in [0.05, 0.1) is 0 Å². The Morgan fingerprint density at radius 3 is 2.18 bits per heavy atom. The molecule has 1 nitrogen and oxygen atoms in total. The zero-order valence-corrected chi connectivity index (χ0v) is 8.06. The molecule has 0 N–H and O–H groups in total. The van der Waals surface area contributed by atoms with Crippen molar-refractivity contribution >= 4 is 34.4 Å². The third-order valence-electron chi connectivity index (χ3n) is 1.70. The van der Waals surface area contributed by atoms with Gasteiger partial charge in [0.25, 0.3) is 0 Å². The van der Waals surface area contributed by atoms with E-state index in [2.05, 4.69) is 0 Å². The van der Waals surface area contributed by atoms with Gasteiger partial charge < -0.3 is 0 Å². The van der Waals surface area contributed by atoms with Gasteiger partial charge in [0.1, 0.15) is 0 Å². The Bertz CT molecular complexity index is 303. The van der Waals surface area contributed by atoms with Crippen molar-refractivity contribution in [1.29, 1.82) is 0 Å². The molecule has 0 aliphatic carbocycles. The number of benzene rings is 1. The van der Waals surface area contributed by atoms with Crippen LogP contribution in [0.15, 0.2) is 24.3 Å². The van der Waals surface area contributed by atoms with Gasteiger partial charge in [0.15, 0.2) is 0 Å². The van der Waals surface area contributed by atoms with Crippen LogP contribution in [0.25, 0.3) is 0 Å². The Morgan fingerprint density at radius 1 is 1.27 bits per heavy atom. The van der Waals surface area contributed by atoms with E-state index in [0.29, 0.717) is 0 Å². The van der Waals surface area contributed by atoms with E-state index in [1.54, 1.807) is 13.3 Å². The summed E-state index contributed by atoms with van der Waals surface area (Å²) in [4.78, 5) is 0. The molecule has 11 heavy (non-hydrogen) atoms. The predicted octanol–water partition coefficient (Wildman–Crippen LogP) is 0.728. The van der Waals surface area contributed by atoms with Gasteiger partial charge in [0, 0.05) is 0 Å². The van der Waals surface area contributed by atoms with Crippen LogP contribution >= 0.6 is 7.14 Å². The molecule has 0 saturated heterocycles. The Hall–Kier alpha value is 0.0474. The predicted molar refractivity (Wildman–Crippen MR) is 50.9 cm³/mol. The number of hydrogen-bond acceptors (Lipinski definition) is 1. The summed E-state index contributed by atoms with van der Waals surface area (Å²) in [5.74, 6) is 0. The molecule has 0 aromatic heterocycles. The molecule has 1 aromatic carbocycles. The molecule has 0 atom stereocenters. The van der Waals surface area contributed by atoms with Crippen molar-refractivity contribution in [2.24, 2.45) is 0 Å². The third kappa shape index (κ3) is 2.24. The summed E-state index contributed by atoms with van der Waals surface area (Å²) in [5.41, 5.74) is 0. The quantitative estimate of drug-likeness (QED) is 0.437. The fraction of sp³-hybridized carbons (Fsp3) is 0.250. The molecule has 1 rings (SSSR count). The molecule has 0 bridgehead atoms. The molecule has 3 heteroatoms. The summed E-state index contributed by atoms with van der Waals surface area (Å²) >= 11 is 2.00. The van der Waals surface area contributed by atoms with E-state index in [9.17, 15) is 4.57 Å². The molecule has 0 aliphatic rings. The second-order valence-electron chi connectivity index (χ2n) is 3.14. The van der Waals surface area contributed by atoms with Gasteiger partial charge in [-0.3, -0.25) is 0 Å². The first-order valence-electron chi connectivity index (χ1n) is 3.63. The molecule has 54 valence electrons. The van der Waals surface area contributed by atoms with Gasteiger partial charge in [-0.1, -0.05) is 0 Å². The second kappa shape index (κ2) is 3.19. The molecule has 0 amide bonds. The summed E-state index contributed by atoms with van der Waals surface area (Å²) in [6.45, 7) is 3.60. The Morgan fingerprint density at radius 2 is 1.82 bits per heavy atom. The molecular formula is C8H10LiOP. The minimum absolute atomic E-state index is 1.00. The second-order valence-corrected chi connectivity index (χ2v) is 6.32. The molecule has 0 fully saturated rings. The first kappa shape index (κ1) is 9.14. The minimum atomic E-state index is -2.06. The Kier molecular flexibility index (Phi) is 2.65. The zero-order valence-electron chi connectivity index (χ0n) is 7.16. The summed E-state index contributed by atoms with van der Waals surface area (Å²) in [7, 11) is -2.06. The van der Waals surface area contributed by atoms with Crippen LogP contribution in [-0.2, 0) is 4.57 Å². The van der Waals surface area contributed by atoms with Crippen LogP contribution in [-0.4, -0.2) is 31.0 Å². The van der Waals surface area contributed by atoms with E-state index in [-0.39, 0.29) is 0 Å². The van der Waals surface area contributed by atoms with Gasteiger partial charge in [-0.2, -0.15) is 0 Å². The van der Waals surface area contributed by atoms with Crippen molar-refractivity contribution in [3.8, 4) is 0 Å². The van der Waals surface area contributed by atoms with Crippen LogP contribution in [0.5, 0.6) is 0 Å². The monoisotopic (exact) mass is 160 g/mol. The standard InChI is InChI=1S/C8H10OP.Li/c1-10(2,9)8-6-4-3-5-7-8;/h3-6H,1-2H3;. The first-order valence-corrected chi connectivity index (χ1v) is 6.23. The van der Waals surface area contributed by atoms with Gasteiger partial charge in [-0.05, 0) is 0 Å². The van der Waals surface area contributed by atoms with E-state index in [1.165, 1.54) is 0 Å². The first-order chi connectivity index (χ1) is 5.02. The Balaban J connectivity index is 3.25. The summed E-state index contributed by atoms with van der Waals surface area (Å²) in [5, 5.41) is 1.00. The van der Waals surface area contributed by atoms with Gasteiger partial charge in [-0.15, -0.1) is 0 Å². The Labute approximate surface area is 76.8 Å². The molecule has 0 unspecified atom stereocenters. The van der Waals surface area contributed by atoms with Crippen LogP contribution in [0, 0.1) is 0 Å². The fourth-order valence-corrected chi connectivity index (χ4v) is 2.54. The van der Waals surface area contributed by atoms with E-state index in [4.69, 9.17) is 0 Å². The average molecular weight is 160 g/mol. The van der Waals surface area contributed by atoms with Crippen LogP contribution in [0.1, 0.15) is 0 Å². The topological polar surface area (TPSA) is 17.1 Å². The summed E-state index contributed by atoms with van der Waals surface area (Å²) in [6.07, 6.45) is 0. The molecular weight excluding hydrogens is 150 g/mol.